The van der Waals surface area contributed by atoms with Crippen LogP contribution in [0.25, 0.3) is 0 Å². The summed E-state index contributed by atoms with van der Waals surface area (Å²) in [5, 5.41) is 1.41. The maximum absolute atomic E-state index is 6.17. The van der Waals surface area contributed by atoms with E-state index in [1.807, 2.05) is 6.07 Å². The molecule has 0 aliphatic carbocycles. The molecule has 0 unspecified atom stereocenters. The summed E-state index contributed by atoms with van der Waals surface area (Å²) in [7, 11) is 0. The molecule has 1 nitrogen and oxygen atoms in total. The van der Waals surface area contributed by atoms with Gasteiger partial charge in [-0.2, -0.15) is 0 Å². The Balaban J connectivity index is 0.00000112. The van der Waals surface area contributed by atoms with Gasteiger partial charge in [-0.25, -0.2) is 0 Å². The SMILES string of the molecule is CCN1CCc2ccc(Cl)c(Cl)c2C1.Cl. The Morgan fingerprint density at radius 3 is 2.73 bits per heavy atom. The molecule has 0 atom stereocenters. The van der Waals surface area contributed by atoms with E-state index in [0.717, 1.165) is 31.1 Å². The third kappa shape index (κ3) is 2.59. The van der Waals surface area contributed by atoms with Crippen LogP contribution >= 0.6 is 35.6 Å². The normalized spacial score (nSPS) is 15.7. The largest absolute Gasteiger partial charge is 0.299 e. The predicted molar refractivity (Wildman–Crippen MR) is 68.4 cm³/mol. The van der Waals surface area contributed by atoms with Gasteiger partial charge in [0, 0.05) is 13.1 Å². The Kier molecular flexibility index (Phi) is 4.72. The number of fused-ring (bicyclic) bond motifs is 1. The fraction of sp³-hybridized carbons (Fsp3) is 0.455. The number of hydrogen-bond donors (Lipinski definition) is 0. The minimum atomic E-state index is 0. The molecule has 2 rings (SSSR count). The van der Waals surface area contributed by atoms with Gasteiger partial charge in [0.1, 0.15) is 0 Å². The zero-order chi connectivity index (χ0) is 10.1. The quantitative estimate of drug-likeness (QED) is 0.747. The van der Waals surface area contributed by atoms with Gasteiger partial charge >= 0.3 is 0 Å². The minimum Gasteiger partial charge on any atom is -0.299 e. The number of hydrogen-bond acceptors (Lipinski definition) is 1. The highest BCUT2D eigenvalue weighted by molar-refractivity contribution is 6.42. The van der Waals surface area contributed by atoms with Crippen LogP contribution in [0.1, 0.15) is 18.1 Å². The van der Waals surface area contributed by atoms with E-state index in [-0.39, 0.29) is 12.4 Å². The first-order valence-electron chi connectivity index (χ1n) is 4.90. The minimum absolute atomic E-state index is 0. The molecule has 0 aromatic heterocycles. The molecule has 0 bridgehead atoms. The molecule has 0 radical (unpaired) electrons. The van der Waals surface area contributed by atoms with Crippen molar-refractivity contribution in [3.63, 3.8) is 0 Å². The van der Waals surface area contributed by atoms with Crippen LogP contribution in [0.5, 0.6) is 0 Å². The molecular weight excluding hydrogens is 252 g/mol. The highest BCUT2D eigenvalue weighted by Gasteiger charge is 2.18. The average molecular weight is 267 g/mol. The van der Waals surface area contributed by atoms with E-state index in [1.54, 1.807) is 0 Å². The molecule has 0 N–H and O–H groups in total. The van der Waals surface area contributed by atoms with Crippen molar-refractivity contribution in [3.8, 4) is 0 Å². The van der Waals surface area contributed by atoms with Crippen molar-refractivity contribution in [2.75, 3.05) is 13.1 Å². The Hall–Kier alpha value is 0.0500. The molecule has 0 amide bonds. The number of rotatable bonds is 1. The number of nitrogens with zero attached hydrogens (tertiary/aromatic N) is 1. The highest BCUT2D eigenvalue weighted by Crippen LogP contribution is 2.31. The number of halogens is 3. The first kappa shape index (κ1) is 13.1. The maximum atomic E-state index is 6.17. The third-order valence-corrected chi connectivity index (χ3v) is 3.66. The van der Waals surface area contributed by atoms with E-state index in [4.69, 9.17) is 23.2 Å². The molecule has 15 heavy (non-hydrogen) atoms. The van der Waals surface area contributed by atoms with Gasteiger partial charge in [0.15, 0.2) is 0 Å². The van der Waals surface area contributed by atoms with Crippen LogP contribution in [-0.4, -0.2) is 18.0 Å². The van der Waals surface area contributed by atoms with Crippen molar-refractivity contribution in [3.05, 3.63) is 33.3 Å². The molecule has 1 aromatic carbocycles. The van der Waals surface area contributed by atoms with Crippen LogP contribution in [0.4, 0.5) is 0 Å². The Labute approximate surface area is 107 Å². The molecular formula is C11H14Cl3N. The van der Waals surface area contributed by atoms with Crippen molar-refractivity contribution in [2.24, 2.45) is 0 Å². The number of benzene rings is 1. The van der Waals surface area contributed by atoms with Gasteiger partial charge in [0.25, 0.3) is 0 Å². The second-order valence-electron chi connectivity index (χ2n) is 3.62. The molecule has 1 aliphatic rings. The van der Waals surface area contributed by atoms with Crippen molar-refractivity contribution in [1.82, 2.24) is 4.90 Å². The second kappa shape index (κ2) is 5.40. The zero-order valence-electron chi connectivity index (χ0n) is 8.59. The van der Waals surface area contributed by atoms with E-state index in [2.05, 4.69) is 17.9 Å². The molecule has 84 valence electrons. The van der Waals surface area contributed by atoms with Crippen LogP contribution < -0.4 is 0 Å². The van der Waals surface area contributed by atoms with Crippen LogP contribution in [0.2, 0.25) is 10.0 Å². The lowest BCUT2D eigenvalue weighted by Gasteiger charge is -2.28. The van der Waals surface area contributed by atoms with Gasteiger partial charge in [-0.1, -0.05) is 36.2 Å². The molecule has 0 spiro atoms. The summed E-state index contributed by atoms with van der Waals surface area (Å²) < 4.78 is 0. The van der Waals surface area contributed by atoms with Crippen molar-refractivity contribution < 1.29 is 0 Å². The standard InChI is InChI=1S/C11H13Cl2N.ClH/c1-2-14-6-5-8-3-4-10(12)11(13)9(8)7-14;/h3-4H,2,5-7H2,1H3;1H. The molecule has 0 fully saturated rings. The topological polar surface area (TPSA) is 3.24 Å². The molecule has 1 heterocycles. The predicted octanol–water partition coefficient (Wildman–Crippen LogP) is 3.79. The molecule has 1 aliphatic heterocycles. The summed E-state index contributed by atoms with van der Waals surface area (Å²) in [6, 6.07) is 3.99. The molecule has 4 heteroatoms. The second-order valence-corrected chi connectivity index (χ2v) is 4.40. The monoisotopic (exact) mass is 265 g/mol. The third-order valence-electron chi connectivity index (χ3n) is 2.82. The van der Waals surface area contributed by atoms with E-state index >= 15 is 0 Å². The van der Waals surface area contributed by atoms with Crippen molar-refractivity contribution >= 4 is 35.6 Å². The van der Waals surface area contributed by atoms with Gasteiger partial charge in [0.2, 0.25) is 0 Å². The molecule has 0 saturated carbocycles. The van der Waals surface area contributed by atoms with Crippen LogP contribution in [-0.2, 0) is 13.0 Å². The summed E-state index contributed by atoms with van der Waals surface area (Å²) in [5.41, 5.74) is 2.57. The van der Waals surface area contributed by atoms with Gasteiger partial charge < -0.3 is 0 Å². The summed E-state index contributed by atoms with van der Waals surface area (Å²) in [5.74, 6) is 0. The van der Waals surface area contributed by atoms with Gasteiger partial charge in [-0.15, -0.1) is 12.4 Å². The zero-order valence-corrected chi connectivity index (χ0v) is 10.9. The van der Waals surface area contributed by atoms with E-state index in [9.17, 15) is 0 Å². The lowest BCUT2D eigenvalue weighted by Crippen LogP contribution is -2.30. The van der Waals surface area contributed by atoms with Crippen molar-refractivity contribution in [1.29, 1.82) is 0 Å². The maximum Gasteiger partial charge on any atom is 0.0640 e. The lowest BCUT2D eigenvalue weighted by molar-refractivity contribution is 0.268. The summed E-state index contributed by atoms with van der Waals surface area (Å²) in [6.07, 6.45) is 1.08. The van der Waals surface area contributed by atoms with Crippen molar-refractivity contribution in [2.45, 2.75) is 19.9 Å². The average Bonchev–Trinajstić information content (AvgIpc) is 2.23. The van der Waals surface area contributed by atoms with Crippen LogP contribution in [0.3, 0.4) is 0 Å². The van der Waals surface area contributed by atoms with Gasteiger partial charge in [-0.3, -0.25) is 4.90 Å². The molecule has 1 aromatic rings. The number of likely N-dealkylation sites (N-methyl/N-ethyl adjacent to an activating group) is 1. The summed E-state index contributed by atoms with van der Waals surface area (Å²) in [4.78, 5) is 2.38. The lowest BCUT2D eigenvalue weighted by atomic mass is 10.00. The fourth-order valence-electron chi connectivity index (χ4n) is 1.89. The van der Waals surface area contributed by atoms with Gasteiger partial charge in [0.05, 0.1) is 10.0 Å². The first-order valence-corrected chi connectivity index (χ1v) is 5.66. The van der Waals surface area contributed by atoms with Crippen LogP contribution in [0.15, 0.2) is 12.1 Å². The van der Waals surface area contributed by atoms with Crippen LogP contribution in [0, 0.1) is 0 Å². The highest BCUT2D eigenvalue weighted by atomic mass is 35.5. The van der Waals surface area contributed by atoms with E-state index in [0.29, 0.717) is 5.02 Å². The fourth-order valence-corrected chi connectivity index (χ4v) is 2.31. The van der Waals surface area contributed by atoms with E-state index in [1.165, 1.54) is 11.1 Å². The Morgan fingerprint density at radius 2 is 2.07 bits per heavy atom. The summed E-state index contributed by atoms with van der Waals surface area (Å²) >= 11 is 12.2. The smallest absolute Gasteiger partial charge is 0.0640 e. The van der Waals surface area contributed by atoms with Gasteiger partial charge in [-0.05, 0) is 30.2 Å². The van der Waals surface area contributed by atoms with E-state index < -0.39 is 0 Å². The first-order chi connectivity index (χ1) is 6.72. The Bertz CT molecular complexity index is 352. The Morgan fingerprint density at radius 1 is 1.33 bits per heavy atom. The molecule has 0 saturated heterocycles. The summed E-state index contributed by atoms with van der Waals surface area (Å²) in [6.45, 7) is 5.30.